The second kappa shape index (κ2) is 7.35. The van der Waals surface area contributed by atoms with E-state index in [4.69, 9.17) is 4.74 Å². The third-order valence-electron chi connectivity index (χ3n) is 5.49. The van der Waals surface area contributed by atoms with E-state index in [-0.39, 0.29) is 23.9 Å². The molecular formula is C20H21F2N3O3. The number of amides is 2. The molecule has 2 N–H and O–H groups in total. The van der Waals surface area contributed by atoms with Gasteiger partial charge in [0, 0.05) is 30.1 Å². The van der Waals surface area contributed by atoms with E-state index in [1.54, 1.807) is 11.9 Å². The minimum absolute atomic E-state index is 0.122. The van der Waals surface area contributed by atoms with Gasteiger partial charge in [0.2, 0.25) is 0 Å². The topological polar surface area (TPSA) is 74.4 Å². The molecule has 28 heavy (non-hydrogen) atoms. The van der Waals surface area contributed by atoms with Gasteiger partial charge in [-0.3, -0.25) is 4.79 Å². The lowest BCUT2D eigenvalue weighted by atomic mass is 9.84. The van der Waals surface area contributed by atoms with Crippen molar-refractivity contribution in [3.8, 4) is 0 Å². The summed E-state index contributed by atoms with van der Waals surface area (Å²) < 4.78 is 32.0. The Labute approximate surface area is 160 Å². The van der Waals surface area contributed by atoms with E-state index in [1.165, 1.54) is 6.07 Å². The smallest absolute Gasteiger partial charge is 0.322 e. The van der Waals surface area contributed by atoms with E-state index in [2.05, 4.69) is 10.3 Å². The number of halogens is 2. The number of ether oxygens (including phenoxy) is 1. The van der Waals surface area contributed by atoms with Crippen molar-refractivity contribution in [3.05, 3.63) is 62.6 Å². The normalized spacial score (nSPS) is 18.2. The monoisotopic (exact) mass is 389 g/mol. The van der Waals surface area contributed by atoms with Crippen LogP contribution in [-0.4, -0.2) is 29.6 Å². The van der Waals surface area contributed by atoms with Gasteiger partial charge in [-0.1, -0.05) is 0 Å². The SMILES string of the molecule is CN(C(=O)Nc1ccc(F)c(F)c1)C1CCCc2[nH]c(=O)c3c(c21)CCOC3. The van der Waals surface area contributed by atoms with E-state index >= 15 is 0 Å². The molecule has 1 aliphatic carbocycles. The maximum absolute atomic E-state index is 13.4. The standard InChI is InChI=1S/C20H21F2N3O3/c1-25(20(27)23-11-5-6-14(21)15(22)9-11)17-4-2-3-16-18(17)12-7-8-28-10-13(12)19(26)24-16/h5-6,9,17H,2-4,7-8,10H2,1H3,(H,23,27)(H,24,26). The summed E-state index contributed by atoms with van der Waals surface area (Å²) >= 11 is 0. The van der Waals surface area contributed by atoms with Crippen molar-refractivity contribution in [1.29, 1.82) is 0 Å². The van der Waals surface area contributed by atoms with Crippen LogP contribution in [0.5, 0.6) is 0 Å². The van der Waals surface area contributed by atoms with Gasteiger partial charge < -0.3 is 19.9 Å². The molecule has 0 radical (unpaired) electrons. The second-order valence-electron chi connectivity index (χ2n) is 7.18. The minimum atomic E-state index is -1.02. The average Bonchev–Trinajstić information content (AvgIpc) is 2.70. The minimum Gasteiger partial charge on any atom is -0.376 e. The number of aromatic nitrogens is 1. The molecule has 2 aliphatic rings. The van der Waals surface area contributed by atoms with Gasteiger partial charge >= 0.3 is 6.03 Å². The van der Waals surface area contributed by atoms with Gasteiger partial charge in [-0.2, -0.15) is 0 Å². The number of hydrogen-bond acceptors (Lipinski definition) is 3. The molecule has 0 saturated carbocycles. The number of aryl methyl sites for hydroxylation is 1. The number of benzene rings is 1. The first-order valence-electron chi connectivity index (χ1n) is 9.29. The molecule has 8 heteroatoms. The number of urea groups is 1. The third kappa shape index (κ3) is 3.28. The summed E-state index contributed by atoms with van der Waals surface area (Å²) in [5.41, 5.74) is 3.53. The number of fused-ring (bicyclic) bond motifs is 3. The molecule has 1 aromatic heterocycles. The lowest BCUT2D eigenvalue weighted by Crippen LogP contribution is -2.39. The summed E-state index contributed by atoms with van der Waals surface area (Å²) in [5.74, 6) is -1.99. The summed E-state index contributed by atoms with van der Waals surface area (Å²) in [6, 6.07) is 2.61. The molecule has 2 aromatic rings. The molecule has 0 saturated heterocycles. The Bertz CT molecular complexity index is 989. The van der Waals surface area contributed by atoms with Crippen molar-refractivity contribution in [2.45, 2.75) is 38.3 Å². The molecule has 148 valence electrons. The summed E-state index contributed by atoms with van der Waals surface area (Å²) in [7, 11) is 1.67. The Morgan fingerprint density at radius 3 is 2.86 bits per heavy atom. The highest BCUT2D eigenvalue weighted by molar-refractivity contribution is 5.89. The van der Waals surface area contributed by atoms with Gasteiger partial charge in [0.1, 0.15) is 0 Å². The molecular weight excluding hydrogens is 368 g/mol. The Morgan fingerprint density at radius 2 is 2.07 bits per heavy atom. The van der Waals surface area contributed by atoms with Crippen LogP contribution in [0.25, 0.3) is 0 Å². The van der Waals surface area contributed by atoms with Crippen molar-refractivity contribution < 1.29 is 18.3 Å². The van der Waals surface area contributed by atoms with Crippen LogP contribution in [0.3, 0.4) is 0 Å². The van der Waals surface area contributed by atoms with Gasteiger partial charge in [-0.25, -0.2) is 13.6 Å². The predicted octanol–water partition coefficient (Wildman–Crippen LogP) is 3.27. The zero-order chi connectivity index (χ0) is 19.8. The zero-order valence-electron chi connectivity index (χ0n) is 15.5. The van der Waals surface area contributed by atoms with E-state index in [9.17, 15) is 18.4 Å². The number of anilines is 1. The number of rotatable bonds is 2. The first-order chi connectivity index (χ1) is 13.5. The number of pyridine rings is 1. The Hall–Kier alpha value is -2.74. The van der Waals surface area contributed by atoms with Crippen molar-refractivity contribution in [2.75, 3.05) is 19.0 Å². The highest BCUT2D eigenvalue weighted by Crippen LogP contribution is 2.37. The molecule has 0 bridgehead atoms. The molecule has 1 aromatic carbocycles. The molecule has 1 aliphatic heterocycles. The largest absolute Gasteiger partial charge is 0.376 e. The van der Waals surface area contributed by atoms with E-state index in [0.29, 0.717) is 18.6 Å². The lowest BCUT2D eigenvalue weighted by molar-refractivity contribution is 0.108. The van der Waals surface area contributed by atoms with Crippen molar-refractivity contribution in [3.63, 3.8) is 0 Å². The fraction of sp³-hybridized carbons (Fsp3) is 0.400. The number of aromatic amines is 1. The van der Waals surface area contributed by atoms with E-state index in [0.717, 1.165) is 48.2 Å². The van der Waals surface area contributed by atoms with Gasteiger partial charge in [-0.15, -0.1) is 0 Å². The Kier molecular flexibility index (Phi) is 4.89. The number of carbonyl (C=O) groups excluding carboxylic acids is 1. The Morgan fingerprint density at radius 1 is 1.25 bits per heavy atom. The number of H-pyrrole nitrogens is 1. The molecule has 2 amide bonds. The maximum Gasteiger partial charge on any atom is 0.322 e. The van der Waals surface area contributed by atoms with Gasteiger partial charge in [0.15, 0.2) is 11.6 Å². The van der Waals surface area contributed by atoms with Gasteiger partial charge in [0.25, 0.3) is 5.56 Å². The van der Waals surface area contributed by atoms with Crippen LogP contribution in [0, 0.1) is 11.6 Å². The molecule has 0 spiro atoms. The third-order valence-corrected chi connectivity index (χ3v) is 5.49. The fourth-order valence-corrected chi connectivity index (χ4v) is 4.08. The summed E-state index contributed by atoms with van der Waals surface area (Å²) in [6.07, 6.45) is 2.99. The number of hydrogen-bond donors (Lipinski definition) is 2. The van der Waals surface area contributed by atoms with E-state index < -0.39 is 17.7 Å². The fourth-order valence-electron chi connectivity index (χ4n) is 4.08. The van der Waals surface area contributed by atoms with Crippen molar-refractivity contribution in [1.82, 2.24) is 9.88 Å². The second-order valence-corrected chi connectivity index (χ2v) is 7.18. The van der Waals surface area contributed by atoms with Crippen LogP contribution in [0.2, 0.25) is 0 Å². The summed E-state index contributed by atoms with van der Waals surface area (Å²) in [6.45, 7) is 0.815. The van der Waals surface area contributed by atoms with Crippen LogP contribution in [0.4, 0.5) is 19.3 Å². The molecule has 2 heterocycles. The first kappa shape index (κ1) is 18.6. The summed E-state index contributed by atoms with van der Waals surface area (Å²) in [4.78, 5) is 29.6. The van der Waals surface area contributed by atoms with Crippen LogP contribution >= 0.6 is 0 Å². The molecule has 1 atom stereocenters. The molecule has 4 rings (SSSR count). The lowest BCUT2D eigenvalue weighted by Gasteiger charge is -2.36. The quantitative estimate of drug-likeness (QED) is 0.828. The maximum atomic E-state index is 13.4. The van der Waals surface area contributed by atoms with Gasteiger partial charge in [-0.05, 0) is 48.9 Å². The van der Waals surface area contributed by atoms with Crippen molar-refractivity contribution in [2.24, 2.45) is 0 Å². The number of nitrogens with one attached hydrogen (secondary N) is 2. The van der Waals surface area contributed by atoms with Crippen LogP contribution in [-0.2, 0) is 24.2 Å². The van der Waals surface area contributed by atoms with Crippen LogP contribution in [0.15, 0.2) is 23.0 Å². The molecule has 1 unspecified atom stereocenters. The highest BCUT2D eigenvalue weighted by atomic mass is 19.2. The highest BCUT2D eigenvalue weighted by Gasteiger charge is 2.32. The van der Waals surface area contributed by atoms with Crippen LogP contribution < -0.4 is 10.9 Å². The van der Waals surface area contributed by atoms with E-state index in [1.807, 2.05) is 0 Å². The average molecular weight is 389 g/mol. The zero-order valence-corrected chi connectivity index (χ0v) is 15.5. The number of carbonyl (C=O) groups is 1. The Balaban J connectivity index is 1.64. The van der Waals surface area contributed by atoms with Crippen LogP contribution in [0.1, 0.15) is 41.3 Å². The van der Waals surface area contributed by atoms with Gasteiger partial charge in [0.05, 0.1) is 19.3 Å². The first-order valence-corrected chi connectivity index (χ1v) is 9.29. The molecule has 6 nitrogen and oxygen atoms in total. The predicted molar refractivity (Wildman–Crippen MR) is 99.2 cm³/mol. The number of nitrogens with zero attached hydrogens (tertiary/aromatic N) is 1. The van der Waals surface area contributed by atoms with Crippen molar-refractivity contribution >= 4 is 11.7 Å². The molecule has 0 fully saturated rings. The summed E-state index contributed by atoms with van der Waals surface area (Å²) in [5, 5.41) is 2.61.